The fourth-order valence-electron chi connectivity index (χ4n) is 8.05. The van der Waals surface area contributed by atoms with Crippen LogP contribution in [0.3, 0.4) is 0 Å². The van der Waals surface area contributed by atoms with Gasteiger partial charge in [-0.2, -0.15) is 5.10 Å². The van der Waals surface area contributed by atoms with E-state index in [9.17, 15) is 23.1 Å². The first-order chi connectivity index (χ1) is 24.0. The number of carbonyl (C=O) groups excluding carboxylic acids is 1. The standard InChI is InChI=1S/C38H44N4O7S/c1-23(2)22-50(46,47)40-37(43)25-9-11-31-33(19-25)41-21-27(35-32(38(44)45)20-39-42(35)28-13-15-49-16-14-28)17-26-18-29(48-3)10-12-30(26)36(41)34(31)24-7-5-4-6-8-24/h9-12,17-20,23-24,28H,4-8,13-16,21-22H2,1-3H3,(H,40,43)(H,44,45). The number of fused-ring (bicyclic) bond motifs is 5. The van der Waals surface area contributed by atoms with Gasteiger partial charge in [0.05, 0.1) is 43.0 Å². The number of aromatic carboxylic acids is 1. The molecule has 3 aliphatic rings. The SMILES string of the molecule is COc1ccc2c(c1)C=C(c1c(C(=O)O)cnn1C1CCOCC1)Cn1c-2c(C2CCCCC2)c2ccc(C(=O)NS(=O)(=O)CC(C)C)cc21. The van der Waals surface area contributed by atoms with Gasteiger partial charge in [0.25, 0.3) is 5.91 Å². The zero-order valence-corrected chi connectivity index (χ0v) is 29.6. The van der Waals surface area contributed by atoms with E-state index in [1.807, 2.05) is 22.9 Å². The Morgan fingerprint density at radius 1 is 1.04 bits per heavy atom. The summed E-state index contributed by atoms with van der Waals surface area (Å²) in [5, 5.41) is 16.1. The topological polar surface area (TPSA) is 142 Å². The highest BCUT2D eigenvalue weighted by molar-refractivity contribution is 7.90. The highest BCUT2D eigenvalue weighted by atomic mass is 32.2. The van der Waals surface area contributed by atoms with E-state index in [0.717, 1.165) is 59.0 Å². The Bertz CT molecular complexity index is 2100. The van der Waals surface area contributed by atoms with Crippen LogP contribution in [0.25, 0.3) is 33.8 Å². The van der Waals surface area contributed by atoms with Crippen LogP contribution < -0.4 is 9.46 Å². The molecule has 1 saturated heterocycles. The van der Waals surface area contributed by atoms with Gasteiger partial charge in [-0.05, 0) is 90.6 Å². The molecule has 1 aliphatic carbocycles. The maximum atomic E-state index is 13.5. The largest absolute Gasteiger partial charge is 0.497 e. The molecule has 1 amide bonds. The molecule has 0 radical (unpaired) electrons. The normalized spacial score (nSPS) is 17.2. The molecule has 1 saturated carbocycles. The zero-order valence-electron chi connectivity index (χ0n) is 28.8. The van der Waals surface area contributed by atoms with Gasteiger partial charge in [-0.25, -0.2) is 17.9 Å². The average Bonchev–Trinajstić information content (AvgIpc) is 3.63. The number of benzene rings is 2. The third kappa shape index (κ3) is 6.46. The number of ether oxygens (including phenoxy) is 2. The molecule has 2 fully saturated rings. The van der Waals surface area contributed by atoms with Crippen molar-refractivity contribution in [2.45, 2.75) is 77.3 Å². The van der Waals surface area contributed by atoms with Crippen molar-refractivity contribution in [3.05, 3.63) is 70.5 Å². The predicted molar refractivity (Wildman–Crippen MR) is 192 cm³/mol. The van der Waals surface area contributed by atoms with Crippen molar-refractivity contribution in [3.63, 3.8) is 0 Å². The van der Waals surface area contributed by atoms with Crippen molar-refractivity contribution in [2.24, 2.45) is 5.92 Å². The van der Waals surface area contributed by atoms with E-state index < -0.39 is 21.9 Å². The van der Waals surface area contributed by atoms with Crippen LogP contribution in [0, 0.1) is 5.92 Å². The van der Waals surface area contributed by atoms with Crippen LogP contribution in [-0.4, -0.2) is 65.8 Å². The quantitative estimate of drug-likeness (QED) is 0.193. The number of amides is 1. The lowest BCUT2D eigenvalue weighted by molar-refractivity contribution is 0.0656. The molecule has 0 unspecified atom stereocenters. The second-order valence-corrected chi connectivity index (χ2v) is 15.9. The highest BCUT2D eigenvalue weighted by Gasteiger charge is 2.33. The molecule has 4 heterocycles. The Hall–Kier alpha value is -4.42. The Balaban J connectivity index is 1.47. The third-order valence-corrected chi connectivity index (χ3v) is 11.8. The molecule has 50 heavy (non-hydrogen) atoms. The molecule has 0 bridgehead atoms. The predicted octanol–water partition coefficient (Wildman–Crippen LogP) is 6.88. The summed E-state index contributed by atoms with van der Waals surface area (Å²) >= 11 is 0. The van der Waals surface area contributed by atoms with E-state index in [0.29, 0.717) is 44.0 Å². The molecule has 0 spiro atoms. The second-order valence-electron chi connectivity index (χ2n) is 14.1. The van der Waals surface area contributed by atoms with Crippen molar-refractivity contribution in [1.29, 1.82) is 0 Å². The number of sulfonamides is 1. The molecule has 2 aromatic carbocycles. The second kappa shape index (κ2) is 13.7. The summed E-state index contributed by atoms with van der Waals surface area (Å²) < 4.78 is 43.2. The van der Waals surface area contributed by atoms with Crippen molar-refractivity contribution in [3.8, 4) is 17.0 Å². The summed E-state index contributed by atoms with van der Waals surface area (Å²) in [6.07, 6.45) is 10.4. The molecule has 264 valence electrons. The number of carboxylic acid groups (broad SMARTS) is 1. The van der Waals surface area contributed by atoms with Gasteiger partial charge >= 0.3 is 5.97 Å². The highest BCUT2D eigenvalue weighted by Crippen LogP contribution is 2.48. The van der Waals surface area contributed by atoms with Crippen LogP contribution in [0.2, 0.25) is 0 Å². The fourth-order valence-corrected chi connectivity index (χ4v) is 9.41. The number of nitrogens with one attached hydrogen (secondary N) is 1. The van der Waals surface area contributed by atoms with Crippen LogP contribution in [0.5, 0.6) is 5.75 Å². The molecule has 11 nitrogen and oxygen atoms in total. The van der Waals surface area contributed by atoms with Gasteiger partial charge in [0.1, 0.15) is 11.3 Å². The van der Waals surface area contributed by atoms with Crippen molar-refractivity contribution >= 4 is 44.5 Å². The summed E-state index contributed by atoms with van der Waals surface area (Å²) in [6, 6.07) is 11.4. The lowest BCUT2D eigenvalue weighted by Gasteiger charge is -2.25. The summed E-state index contributed by atoms with van der Waals surface area (Å²) in [7, 11) is -2.20. The van der Waals surface area contributed by atoms with Crippen LogP contribution in [0.4, 0.5) is 0 Å². The van der Waals surface area contributed by atoms with Gasteiger partial charge in [0, 0.05) is 35.2 Å². The van der Waals surface area contributed by atoms with Crippen molar-refractivity contribution in [1.82, 2.24) is 19.1 Å². The van der Waals surface area contributed by atoms with Crippen LogP contribution in [0.15, 0.2) is 42.6 Å². The van der Waals surface area contributed by atoms with E-state index in [1.54, 1.807) is 33.1 Å². The fraction of sp³-hybridized carbons (Fsp3) is 0.447. The number of methoxy groups -OCH3 is 1. The number of nitrogens with zero attached hydrogens (tertiary/aromatic N) is 3. The molecule has 2 aliphatic heterocycles. The minimum atomic E-state index is -3.83. The number of rotatable bonds is 9. The third-order valence-electron chi connectivity index (χ3n) is 10.2. The first-order valence-electron chi connectivity index (χ1n) is 17.5. The minimum Gasteiger partial charge on any atom is -0.497 e. The van der Waals surface area contributed by atoms with Gasteiger partial charge < -0.3 is 19.1 Å². The monoisotopic (exact) mass is 700 g/mol. The van der Waals surface area contributed by atoms with Crippen LogP contribution in [-0.2, 0) is 21.3 Å². The van der Waals surface area contributed by atoms with E-state index in [2.05, 4.69) is 26.5 Å². The molecule has 12 heteroatoms. The number of carbonyl (C=O) groups is 2. The molecule has 2 aromatic heterocycles. The van der Waals surface area contributed by atoms with Gasteiger partial charge in [0.2, 0.25) is 10.0 Å². The first kappa shape index (κ1) is 34.0. The molecule has 4 aromatic rings. The summed E-state index contributed by atoms with van der Waals surface area (Å²) in [5.41, 5.74) is 6.56. The molecule has 0 atom stereocenters. The van der Waals surface area contributed by atoms with E-state index >= 15 is 0 Å². The van der Waals surface area contributed by atoms with Crippen molar-refractivity contribution in [2.75, 3.05) is 26.1 Å². The zero-order chi connectivity index (χ0) is 35.2. The average molecular weight is 701 g/mol. The Morgan fingerprint density at radius 3 is 2.50 bits per heavy atom. The maximum absolute atomic E-state index is 13.5. The van der Waals surface area contributed by atoms with Gasteiger partial charge in [-0.1, -0.05) is 39.2 Å². The Kier molecular flexibility index (Phi) is 9.34. The lowest BCUT2D eigenvalue weighted by atomic mass is 9.81. The minimum absolute atomic E-state index is 0.0254. The van der Waals surface area contributed by atoms with Crippen molar-refractivity contribution < 1.29 is 32.6 Å². The van der Waals surface area contributed by atoms with Gasteiger partial charge in [-0.3, -0.25) is 9.48 Å². The molecule has 7 rings (SSSR count). The van der Waals surface area contributed by atoms with E-state index in [-0.39, 0.29) is 34.8 Å². The Morgan fingerprint density at radius 2 is 1.80 bits per heavy atom. The summed E-state index contributed by atoms with van der Waals surface area (Å²) in [4.78, 5) is 26.2. The number of hydrogen-bond acceptors (Lipinski definition) is 7. The smallest absolute Gasteiger partial charge is 0.339 e. The number of carboxylic acids is 1. The Labute approximate surface area is 292 Å². The van der Waals surface area contributed by atoms with Crippen LogP contribution >= 0.6 is 0 Å². The first-order valence-corrected chi connectivity index (χ1v) is 19.2. The maximum Gasteiger partial charge on any atom is 0.339 e. The van der Waals surface area contributed by atoms with Gasteiger partial charge in [-0.15, -0.1) is 0 Å². The number of aromatic nitrogens is 3. The number of hydrogen-bond donors (Lipinski definition) is 2. The van der Waals surface area contributed by atoms with E-state index in [1.165, 1.54) is 18.2 Å². The summed E-state index contributed by atoms with van der Waals surface area (Å²) in [6.45, 7) is 5.03. The van der Waals surface area contributed by atoms with Gasteiger partial charge in [0.15, 0.2) is 0 Å². The van der Waals surface area contributed by atoms with E-state index in [4.69, 9.17) is 9.47 Å². The van der Waals surface area contributed by atoms with Crippen LogP contribution in [0.1, 0.15) is 108 Å². The number of allylic oxidation sites excluding steroid dienone is 1. The summed E-state index contributed by atoms with van der Waals surface area (Å²) in [5.74, 6) is -1.07. The lowest BCUT2D eigenvalue weighted by Crippen LogP contribution is -2.33. The molecule has 2 N–H and O–H groups in total. The molecular formula is C38H44N4O7S. The molecular weight excluding hydrogens is 657 g/mol.